The molecule has 1 fully saturated rings. The van der Waals surface area contributed by atoms with Gasteiger partial charge in [-0.1, -0.05) is 6.42 Å². The third-order valence-corrected chi connectivity index (χ3v) is 4.73. The standard InChI is InChI=1S/C12H20N2O2S/c1-16-12(15)7-10-3-2-4-11(17-10)8-14-6-5-13-9-14/h5-6,9-12,15H,2-4,7-8H2,1H3. The largest absolute Gasteiger partial charge is 0.368 e. The Bertz CT molecular complexity index is 318. The lowest BCUT2D eigenvalue weighted by molar-refractivity contribution is -0.0784. The van der Waals surface area contributed by atoms with Crippen molar-refractivity contribution in [2.24, 2.45) is 0 Å². The van der Waals surface area contributed by atoms with E-state index in [2.05, 4.69) is 9.55 Å². The predicted molar refractivity (Wildman–Crippen MR) is 68.9 cm³/mol. The zero-order valence-corrected chi connectivity index (χ0v) is 11.0. The van der Waals surface area contributed by atoms with Crippen LogP contribution in [-0.4, -0.2) is 38.6 Å². The predicted octanol–water partition coefficient (Wildman–Crippen LogP) is 1.89. The Kier molecular flexibility index (Phi) is 4.88. The van der Waals surface area contributed by atoms with Gasteiger partial charge in [0.05, 0.1) is 6.33 Å². The van der Waals surface area contributed by atoms with Gasteiger partial charge in [-0.3, -0.25) is 0 Å². The van der Waals surface area contributed by atoms with E-state index in [0.29, 0.717) is 10.5 Å². The van der Waals surface area contributed by atoms with Crippen LogP contribution in [0.5, 0.6) is 0 Å². The fraction of sp³-hybridized carbons (Fsp3) is 0.750. The first kappa shape index (κ1) is 12.9. The van der Waals surface area contributed by atoms with Crippen LogP contribution in [0.4, 0.5) is 0 Å². The first-order chi connectivity index (χ1) is 8.28. The molecule has 1 aliphatic rings. The molecule has 4 nitrogen and oxygen atoms in total. The fourth-order valence-corrected chi connectivity index (χ4v) is 3.92. The van der Waals surface area contributed by atoms with E-state index in [1.54, 1.807) is 7.11 Å². The zero-order chi connectivity index (χ0) is 12.1. The number of hydrogen-bond acceptors (Lipinski definition) is 4. The Morgan fingerprint density at radius 2 is 2.35 bits per heavy atom. The third kappa shape index (κ3) is 4.01. The van der Waals surface area contributed by atoms with Gasteiger partial charge in [-0.2, -0.15) is 11.8 Å². The minimum Gasteiger partial charge on any atom is -0.368 e. The van der Waals surface area contributed by atoms with Gasteiger partial charge in [0.1, 0.15) is 0 Å². The molecule has 3 unspecified atom stereocenters. The fourth-order valence-electron chi connectivity index (χ4n) is 2.24. The molecule has 17 heavy (non-hydrogen) atoms. The van der Waals surface area contributed by atoms with Crippen molar-refractivity contribution in [3.8, 4) is 0 Å². The van der Waals surface area contributed by atoms with Crippen molar-refractivity contribution in [3.05, 3.63) is 18.7 Å². The van der Waals surface area contributed by atoms with Gasteiger partial charge in [0, 0.05) is 43.0 Å². The maximum atomic E-state index is 9.50. The molecule has 1 aromatic heterocycles. The van der Waals surface area contributed by atoms with Crippen LogP contribution in [0.3, 0.4) is 0 Å². The van der Waals surface area contributed by atoms with Crippen molar-refractivity contribution in [2.45, 2.75) is 49.0 Å². The Hall–Kier alpha value is -0.520. The Balaban J connectivity index is 1.80. The highest BCUT2D eigenvalue weighted by Crippen LogP contribution is 2.35. The molecule has 0 amide bonds. The zero-order valence-electron chi connectivity index (χ0n) is 10.2. The van der Waals surface area contributed by atoms with Gasteiger partial charge in [0.2, 0.25) is 0 Å². The molecule has 1 aromatic rings. The van der Waals surface area contributed by atoms with Crippen molar-refractivity contribution in [2.75, 3.05) is 7.11 Å². The van der Waals surface area contributed by atoms with E-state index in [4.69, 9.17) is 4.74 Å². The molecule has 0 radical (unpaired) electrons. The summed E-state index contributed by atoms with van der Waals surface area (Å²) in [7, 11) is 1.56. The van der Waals surface area contributed by atoms with E-state index in [0.717, 1.165) is 13.0 Å². The van der Waals surface area contributed by atoms with Gasteiger partial charge in [0.25, 0.3) is 0 Å². The summed E-state index contributed by atoms with van der Waals surface area (Å²) in [4.78, 5) is 4.06. The summed E-state index contributed by atoms with van der Waals surface area (Å²) in [5.41, 5.74) is 0. The maximum absolute atomic E-state index is 9.50. The summed E-state index contributed by atoms with van der Waals surface area (Å²) in [5, 5.41) is 10.7. The van der Waals surface area contributed by atoms with E-state index in [1.165, 1.54) is 19.3 Å². The second kappa shape index (κ2) is 6.42. The summed E-state index contributed by atoms with van der Waals surface area (Å²) >= 11 is 1.98. The lowest BCUT2D eigenvalue weighted by Gasteiger charge is -2.29. The number of hydrogen-bond donors (Lipinski definition) is 1. The molecule has 0 bridgehead atoms. The number of ether oxygens (including phenoxy) is 1. The molecule has 2 rings (SSSR count). The van der Waals surface area contributed by atoms with Crippen LogP contribution in [0.15, 0.2) is 18.7 Å². The molecule has 1 N–H and O–H groups in total. The molecule has 3 atom stereocenters. The van der Waals surface area contributed by atoms with E-state index >= 15 is 0 Å². The summed E-state index contributed by atoms with van der Waals surface area (Å²) in [6, 6.07) is 0. The summed E-state index contributed by atoms with van der Waals surface area (Å²) in [6.07, 6.45) is 9.50. The second-order valence-corrected chi connectivity index (χ2v) is 6.10. The monoisotopic (exact) mass is 256 g/mol. The highest BCUT2D eigenvalue weighted by molar-refractivity contribution is 8.00. The van der Waals surface area contributed by atoms with Crippen LogP contribution < -0.4 is 0 Å². The molecule has 2 heterocycles. The number of aliphatic hydroxyl groups excluding tert-OH is 1. The third-order valence-electron chi connectivity index (χ3n) is 3.15. The molecule has 0 spiro atoms. The number of rotatable bonds is 5. The quantitative estimate of drug-likeness (QED) is 0.817. The van der Waals surface area contributed by atoms with Crippen LogP contribution in [-0.2, 0) is 11.3 Å². The molecule has 0 saturated carbocycles. The minimum absolute atomic E-state index is 0.521. The topological polar surface area (TPSA) is 47.3 Å². The average molecular weight is 256 g/mol. The number of methoxy groups -OCH3 is 1. The minimum atomic E-state index is -0.612. The van der Waals surface area contributed by atoms with Gasteiger partial charge in [-0.25, -0.2) is 4.98 Å². The van der Waals surface area contributed by atoms with Crippen LogP contribution in [0.25, 0.3) is 0 Å². The number of thioether (sulfide) groups is 1. The van der Waals surface area contributed by atoms with Crippen LogP contribution in [0.1, 0.15) is 25.7 Å². The van der Waals surface area contributed by atoms with Gasteiger partial charge in [0.15, 0.2) is 6.29 Å². The van der Waals surface area contributed by atoms with Crippen molar-refractivity contribution in [1.29, 1.82) is 0 Å². The Morgan fingerprint density at radius 1 is 1.53 bits per heavy atom. The highest BCUT2D eigenvalue weighted by Gasteiger charge is 2.24. The molecular weight excluding hydrogens is 236 g/mol. The van der Waals surface area contributed by atoms with Gasteiger partial charge in [-0.15, -0.1) is 0 Å². The summed E-state index contributed by atoms with van der Waals surface area (Å²) in [6.45, 7) is 1.02. The van der Waals surface area contributed by atoms with Gasteiger partial charge in [-0.05, 0) is 12.8 Å². The molecule has 5 heteroatoms. The van der Waals surface area contributed by atoms with E-state index in [1.807, 2.05) is 30.5 Å². The second-order valence-electron chi connectivity index (χ2n) is 4.50. The van der Waals surface area contributed by atoms with Crippen molar-refractivity contribution in [3.63, 3.8) is 0 Å². The van der Waals surface area contributed by atoms with Crippen molar-refractivity contribution >= 4 is 11.8 Å². The number of aromatic nitrogens is 2. The van der Waals surface area contributed by atoms with E-state index in [-0.39, 0.29) is 0 Å². The first-order valence-electron chi connectivity index (χ1n) is 6.10. The van der Waals surface area contributed by atoms with Crippen molar-refractivity contribution < 1.29 is 9.84 Å². The number of nitrogens with zero attached hydrogens (tertiary/aromatic N) is 2. The lowest BCUT2D eigenvalue weighted by atomic mass is 10.1. The Labute approximate surface area is 106 Å². The molecule has 1 aliphatic heterocycles. The molecule has 0 aromatic carbocycles. The van der Waals surface area contributed by atoms with Gasteiger partial charge >= 0.3 is 0 Å². The van der Waals surface area contributed by atoms with Crippen LogP contribution in [0, 0.1) is 0 Å². The summed E-state index contributed by atoms with van der Waals surface area (Å²) in [5.74, 6) is 0. The average Bonchev–Trinajstić information content (AvgIpc) is 2.82. The lowest BCUT2D eigenvalue weighted by Crippen LogP contribution is -2.25. The normalized spacial score (nSPS) is 26.9. The summed E-state index contributed by atoms with van der Waals surface area (Å²) < 4.78 is 7.05. The maximum Gasteiger partial charge on any atom is 0.155 e. The molecule has 96 valence electrons. The molecule has 1 saturated heterocycles. The van der Waals surface area contributed by atoms with Crippen molar-refractivity contribution in [1.82, 2.24) is 9.55 Å². The molecular formula is C12H20N2O2S. The van der Waals surface area contributed by atoms with E-state index < -0.39 is 6.29 Å². The SMILES string of the molecule is COC(O)CC1CCCC(Cn2ccnc2)S1. The first-order valence-corrected chi connectivity index (χ1v) is 7.04. The highest BCUT2D eigenvalue weighted by atomic mass is 32.2. The van der Waals surface area contributed by atoms with Crippen LogP contribution >= 0.6 is 11.8 Å². The Morgan fingerprint density at radius 3 is 3.06 bits per heavy atom. The number of imidazole rings is 1. The van der Waals surface area contributed by atoms with Crippen LogP contribution in [0.2, 0.25) is 0 Å². The molecule has 0 aliphatic carbocycles. The smallest absolute Gasteiger partial charge is 0.155 e. The van der Waals surface area contributed by atoms with Gasteiger partial charge < -0.3 is 14.4 Å². The number of aliphatic hydroxyl groups is 1. The van der Waals surface area contributed by atoms with E-state index in [9.17, 15) is 5.11 Å².